The van der Waals surface area contributed by atoms with Gasteiger partial charge >= 0.3 is 0 Å². The minimum absolute atomic E-state index is 0.0872. The van der Waals surface area contributed by atoms with E-state index in [9.17, 15) is 4.79 Å². The van der Waals surface area contributed by atoms with Crippen molar-refractivity contribution in [3.8, 4) is 0 Å². The number of thioether (sulfide) groups is 1. The van der Waals surface area contributed by atoms with Gasteiger partial charge < -0.3 is 5.32 Å². The molecule has 29 heavy (non-hydrogen) atoms. The first-order valence-electron chi connectivity index (χ1n) is 9.97. The molecule has 1 fully saturated rings. The summed E-state index contributed by atoms with van der Waals surface area (Å²) in [5, 5.41) is 6.41. The maximum absolute atomic E-state index is 12.5. The van der Waals surface area contributed by atoms with Crippen molar-refractivity contribution in [2.45, 2.75) is 51.1 Å². The van der Waals surface area contributed by atoms with Gasteiger partial charge in [0.2, 0.25) is 5.91 Å². The fourth-order valence-corrected chi connectivity index (χ4v) is 5.69. The number of amides is 1. The number of aryl methyl sites for hydroxylation is 1. The lowest BCUT2D eigenvalue weighted by molar-refractivity contribution is -0.113. The van der Waals surface area contributed by atoms with Gasteiger partial charge in [-0.15, -0.1) is 11.3 Å². The summed E-state index contributed by atoms with van der Waals surface area (Å²) in [5.74, 6) is 0.194. The summed E-state index contributed by atoms with van der Waals surface area (Å²) in [6, 6.07) is 9.75. The first kappa shape index (κ1) is 20.6. The molecular formula is C22H24ClN3OS2. The predicted molar refractivity (Wildman–Crippen MR) is 126 cm³/mol. The van der Waals surface area contributed by atoms with Crippen LogP contribution in [0.1, 0.15) is 49.0 Å². The van der Waals surface area contributed by atoms with Crippen molar-refractivity contribution < 1.29 is 4.79 Å². The van der Waals surface area contributed by atoms with E-state index in [0.29, 0.717) is 10.7 Å². The van der Waals surface area contributed by atoms with Gasteiger partial charge in [-0.3, -0.25) is 9.79 Å². The van der Waals surface area contributed by atoms with Gasteiger partial charge in [-0.1, -0.05) is 48.3 Å². The van der Waals surface area contributed by atoms with Crippen molar-refractivity contribution in [2.75, 3.05) is 11.1 Å². The van der Waals surface area contributed by atoms with E-state index in [1.54, 1.807) is 11.3 Å². The summed E-state index contributed by atoms with van der Waals surface area (Å²) in [6.07, 6.45) is 6.82. The van der Waals surface area contributed by atoms with E-state index >= 15 is 0 Å². The largest absolute Gasteiger partial charge is 0.324 e. The summed E-state index contributed by atoms with van der Waals surface area (Å²) in [5.41, 5.74) is 2.33. The summed E-state index contributed by atoms with van der Waals surface area (Å²) < 4.78 is 0. The SMILES string of the molecule is Cc1ccc(NC(=O)CSC2=NC3(CCCCCC3)N=C2c2cccs2)c(Cl)c1. The van der Waals surface area contributed by atoms with Crippen LogP contribution in [-0.4, -0.2) is 28.1 Å². The van der Waals surface area contributed by atoms with Crippen molar-refractivity contribution in [2.24, 2.45) is 9.98 Å². The quantitative estimate of drug-likeness (QED) is 0.597. The van der Waals surface area contributed by atoms with Crippen LogP contribution in [-0.2, 0) is 4.79 Å². The molecule has 4 rings (SSSR count). The van der Waals surface area contributed by atoms with Crippen LogP contribution in [0.3, 0.4) is 0 Å². The number of halogens is 1. The van der Waals surface area contributed by atoms with E-state index in [0.717, 1.165) is 46.9 Å². The monoisotopic (exact) mass is 445 g/mol. The van der Waals surface area contributed by atoms with Crippen LogP contribution >= 0.6 is 34.7 Å². The van der Waals surface area contributed by atoms with Gasteiger partial charge in [-0.05, 0) is 61.7 Å². The first-order valence-corrected chi connectivity index (χ1v) is 12.2. The lowest BCUT2D eigenvalue weighted by atomic mass is 10.0. The highest BCUT2D eigenvalue weighted by molar-refractivity contribution is 8.16. The molecule has 2 heterocycles. The molecule has 7 heteroatoms. The van der Waals surface area contributed by atoms with Crippen molar-refractivity contribution >= 4 is 57.0 Å². The molecule has 0 bridgehead atoms. The highest BCUT2D eigenvalue weighted by Gasteiger charge is 2.37. The van der Waals surface area contributed by atoms with Crippen LogP contribution in [0, 0.1) is 6.92 Å². The zero-order chi connectivity index (χ0) is 20.3. The highest BCUT2D eigenvalue weighted by atomic mass is 35.5. The van der Waals surface area contributed by atoms with E-state index in [1.165, 1.54) is 24.6 Å². The zero-order valence-electron chi connectivity index (χ0n) is 16.4. The Balaban J connectivity index is 1.48. The molecule has 1 aliphatic carbocycles. The number of benzene rings is 1. The Morgan fingerprint density at radius 1 is 1.21 bits per heavy atom. The highest BCUT2D eigenvalue weighted by Crippen LogP contribution is 2.38. The molecule has 2 aliphatic rings. The second kappa shape index (κ2) is 9.02. The van der Waals surface area contributed by atoms with Crippen LogP contribution in [0.25, 0.3) is 0 Å². The molecule has 1 aromatic carbocycles. The minimum Gasteiger partial charge on any atom is -0.324 e. The molecule has 1 N–H and O–H groups in total. The number of carbonyl (C=O) groups is 1. The van der Waals surface area contributed by atoms with Crippen molar-refractivity contribution in [3.05, 3.63) is 51.2 Å². The fraction of sp³-hybridized carbons (Fsp3) is 0.409. The first-order chi connectivity index (χ1) is 14.0. The second-order valence-electron chi connectivity index (χ2n) is 7.57. The van der Waals surface area contributed by atoms with Gasteiger partial charge in [0.05, 0.1) is 21.3 Å². The Hall–Kier alpha value is -1.63. The number of hydrogen-bond donors (Lipinski definition) is 1. The molecule has 1 amide bonds. The topological polar surface area (TPSA) is 53.8 Å². The van der Waals surface area contributed by atoms with Crippen molar-refractivity contribution in [1.29, 1.82) is 0 Å². The summed E-state index contributed by atoms with van der Waals surface area (Å²) >= 11 is 9.39. The van der Waals surface area contributed by atoms with Crippen LogP contribution in [0.15, 0.2) is 45.7 Å². The van der Waals surface area contributed by atoms with Crippen molar-refractivity contribution in [1.82, 2.24) is 0 Å². The van der Waals surface area contributed by atoms with E-state index in [1.807, 2.05) is 31.2 Å². The normalized spacial score (nSPS) is 18.3. The van der Waals surface area contributed by atoms with Gasteiger partial charge in [0, 0.05) is 0 Å². The molecule has 0 atom stereocenters. The van der Waals surface area contributed by atoms with Gasteiger partial charge in [0.25, 0.3) is 0 Å². The number of thiophene rings is 1. The molecule has 1 spiro atoms. The van der Waals surface area contributed by atoms with E-state index < -0.39 is 0 Å². The zero-order valence-corrected chi connectivity index (χ0v) is 18.8. The molecule has 0 radical (unpaired) electrons. The van der Waals surface area contributed by atoms with Gasteiger partial charge in [-0.25, -0.2) is 4.99 Å². The van der Waals surface area contributed by atoms with Crippen LogP contribution < -0.4 is 5.32 Å². The van der Waals surface area contributed by atoms with E-state index in [2.05, 4.69) is 16.8 Å². The number of carbonyl (C=O) groups excluding carboxylic acids is 1. The molecule has 152 valence electrons. The summed E-state index contributed by atoms with van der Waals surface area (Å²) in [4.78, 5) is 23.8. The summed E-state index contributed by atoms with van der Waals surface area (Å²) in [7, 11) is 0. The Morgan fingerprint density at radius 2 is 2.00 bits per heavy atom. The third kappa shape index (κ3) is 4.93. The molecule has 4 nitrogen and oxygen atoms in total. The van der Waals surface area contributed by atoms with Crippen LogP contribution in [0.5, 0.6) is 0 Å². The average molecular weight is 446 g/mol. The standard InChI is InChI=1S/C22H24ClN3OS2/c1-15-8-9-17(16(23)13-15)24-19(27)14-29-21-20(18-7-6-12-28-18)25-22(26-21)10-4-2-3-5-11-22/h6-9,12-13H,2-5,10-11,14H2,1H3,(H,24,27). The number of aliphatic imine (C=N–C) groups is 2. The molecule has 1 saturated carbocycles. The summed E-state index contributed by atoms with van der Waals surface area (Å²) in [6.45, 7) is 1.97. The second-order valence-corrected chi connectivity index (χ2v) is 9.89. The van der Waals surface area contributed by atoms with Crippen LogP contribution in [0.4, 0.5) is 5.69 Å². The average Bonchev–Trinajstić information content (AvgIpc) is 3.27. The number of rotatable bonds is 4. The van der Waals surface area contributed by atoms with Gasteiger partial charge in [0.15, 0.2) is 5.66 Å². The molecule has 0 unspecified atom stereocenters. The number of nitrogens with one attached hydrogen (secondary N) is 1. The van der Waals surface area contributed by atoms with Gasteiger partial charge in [-0.2, -0.15) is 0 Å². The fourth-order valence-electron chi connectivity index (χ4n) is 3.76. The Labute approximate surface area is 184 Å². The molecule has 2 aromatic rings. The Bertz CT molecular complexity index is 945. The number of anilines is 1. The third-order valence-corrected chi connectivity index (χ3v) is 7.38. The third-order valence-electron chi connectivity index (χ3n) is 5.23. The van der Waals surface area contributed by atoms with Crippen LogP contribution in [0.2, 0.25) is 5.02 Å². The number of hydrogen-bond acceptors (Lipinski definition) is 5. The lowest BCUT2D eigenvalue weighted by Gasteiger charge is -2.20. The molecule has 1 aliphatic heterocycles. The molecule has 1 aromatic heterocycles. The van der Waals surface area contributed by atoms with Gasteiger partial charge in [0.1, 0.15) is 10.8 Å². The number of nitrogens with zero attached hydrogens (tertiary/aromatic N) is 2. The predicted octanol–water partition coefficient (Wildman–Crippen LogP) is 6.33. The molecule has 0 saturated heterocycles. The maximum atomic E-state index is 12.5. The smallest absolute Gasteiger partial charge is 0.234 e. The lowest BCUT2D eigenvalue weighted by Crippen LogP contribution is -2.20. The van der Waals surface area contributed by atoms with E-state index in [4.69, 9.17) is 21.6 Å². The Kier molecular flexibility index (Phi) is 6.42. The van der Waals surface area contributed by atoms with E-state index in [-0.39, 0.29) is 17.3 Å². The Morgan fingerprint density at radius 3 is 2.69 bits per heavy atom. The maximum Gasteiger partial charge on any atom is 0.234 e. The molecular weight excluding hydrogens is 422 g/mol. The van der Waals surface area contributed by atoms with Crippen molar-refractivity contribution in [3.63, 3.8) is 0 Å². The minimum atomic E-state index is -0.325.